The van der Waals surface area contributed by atoms with E-state index < -0.39 is 0 Å². The number of amides is 1. The van der Waals surface area contributed by atoms with Gasteiger partial charge in [0.2, 0.25) is 0 Å². The summed E-state index contributed by atoms with van der Waals surface area (Å²) in [6.07, 6.45) is 4.31. The van der Waals surface area contributed by atoms with Crippen LogP contribution in [0.1, 0.15) is 39.8 Å². The van der Waals surface area contributed by atoms with Crippen LogP contribution in [0.3, 0.4) is 0 Å². The van der Waals surface area contributed by atoms with E-state index in [4.69, 9.17) is 4.52 Å². The summed E-state index contributed by atoms with van der Waals surface area (Å²) in [6.45, 7) is 1.11. The summed E-state index contributed by atoms with van der Waals surface area (Å²) in [6, 6.07) is 1.44. The SMILES string of the molecule is O=C(c1ncnc2c1CCC2)N1CC(c2cc(=O)[nH]o2)C1. The highest BCUT2D eigenvalue weighted by Gasteiger charge is 2.36. The van der Waals surface area contributed by atoms with E-state index in [1.165, 1.54) is 12.4 Å². The Kier molecular flexibility index (Phi) is 2.66. The first-order chi connectivity index (χ1) is 10.2. The van der Waals surface area contributed by atoms with Crippen molar-refractivity contribution in [3.63, 3.8) is 0 Å². The van der Waals surface area contributed by atoms with E-state index in [1.807, 2.05) is 0 Å². The van der Waals surface area contributed by atoms with Gasteiger partial charge < -0.3 is 9.42 Å². The first-order valence-corrected chi connectivity index (χ1v) is 7.03. The molecule has 0 bridgehead atoms. The zero-order valence-corrected chi connectivity index (χ0v) is 11.3. The monoisotopic (exact) mass is 286 g/mol. The fraction of sp³-hybridized carbons (Fsp3) is 0.429. The lowest BCUT2D eigenvalue weighted by atomic mass is 9.96. The molecule has 0 atom stereocenters. The zero-order chi connectivity index (χ0) is 14.4. The van der Waals surface area contributed by atoms with Crippen molar-refractivity contribution in [2.45, 2.75) is 25.2 Å². The smallest absolute Gasteiger partial charge is 0.280 e. The summed E-state index contributed by atoms with van der Waals surface area (Å²) >= 11 is 0. The number of nitrogens with zero attached hydrogens (tertiary/aromatic N) is 3. The molecule has 1 N–H and O–H groups in total. The van der Waals surface area contributed by atoms with Crippen molar-refractivity contribution in [3.8, 4) is 0 Å². The lowest BCUT2D eigenvalue weighted by Crippen LogP contribution is -2.48. The van der Waals surface area contributed by atoms with Crippen molar-refractivity contribution in [1.82, 2.24) is 20.0 Å². The van der Waals surface area contributed by atoms with Crippen LogP contribution < -0.4 is 5.56 Å². The van der Waals surface area contributed by atoms with Crippen LogP contribution in [0.25, 0.3) is 0 Å². The Bertz CT molecular complexity index is 758. The molecule has 1 fully saturated rings. The molecule has 1 amide bonds. The molecule has 0 spiro atoms. The number of likely N-dealkylation sites (tertiary alicyclic amines) is 1. The predicted molar refractivity (Wildman–Crippen MR) is 72.0 cm³/mol. The van der Waals surface area contributed by atoms with Crippen molar-refractivity contribution in [2.75, 3.05) is 13.1 Å². The Morgan fingerprint density at radius 3 is 2.95 bits per heavy atom. The fourth-order valence-electron chi connectivity index (χ4n) is 3.02. The standard InChI is InChI=1S/C14H14N4O3/c19-12-4-11(21-17-12)8-5-18(6-8)14(20)13-9-2-1-3-10(9)15-7-16-13/h4,7-8H,1-3,5-6H2,(H,17,19). The molecule has 2 aliphatic rings. The topological polar surface area (TPSA) is 92.1 Å². The van der Waals surface area contributed by atoms with Crippen LogP contribution in [0.2, 0.25) is 0 Å². The molecule has 7 nitrogen and oxygen atoms in total. The largest absolute Gasteiger partial charge is 0.383 e. The number of H-pyrrole nitrogens is 1. The number of carbonyl (C=O) groups excluding carboxylic acids is 1. The molecule has 21 heavy (non-hydrogen) atoms. The number of aromatic amines is 1. The molecule has 7 heteroatoms. The van der Waals surface area contributed by atoms with Crippen molar-refractivity contribution in [3.05, 3.63) is 45.5 Å². The third-order valence-electron chi connectivity index (χ3n) is 4.19. The highest BCUT2D eigenvalue weighted by Crippen LogP contribution is 2.29. The fourth-order valence-corrected chi connectivity index (χ4v) is 3.02. The summed E-state index contributed by atoms with van der Waals surface area (Å²) in [7, 11) is 0. The second-order valence-corrected chi connectivity index (χ2v) is 5.52. The molecule has 108 valence electrons. The van der Waals surface area contributed by atoms with Crippen molar-refractivity contribution < 1.29 is 9.32 Å². The number of rotatable bonds is 2. The molecule has 1 aliphatic heterocycles. The van der Waals surface area contributed by atoms with E-state index >= 15 is 0 Å². The molecule has 1 saturated heterocycles. The number of fused-ring (bicyclic) bond motifs is 1. The molecular formula is C14H14N4O3. The van der Waals surface area contributed by atoms with Crippen LogP contribution in [0.5, 0.6) is 0 Å². The summed E-state index contributed by atoms with van der Waals surface area (Å²) in [5, 5.41) is 2.27. The minimum absolute atomic E-state index is 0.0512. The Morgan fingerprint density at radius 2 is 2.19 bits per heavy atom. The molecule has 0 saturated carbocycles. The van der Waals surface area contributed by atoms with Crippen LogP contribution in [0, 0.1) is 0 Å². The Morgan fingerprint density at radius 1 is 1.33 bits per heavy atom. The van der Waals surface area contributed by atoms with Crippen molar-refractivity contribution in [1.29, 1.82) is 0 Å². The van der Waals surface area contributed by atoms with E-state index in [1.54, 1.807) is 4.90 Å². The average molecular weight is 286 g/mol. The van der Waals surface area contributed by atoms with Gasteiger partial charge >= 0.3 is 0 Å². The van der Waals surface area contributed by atoms with Gasteiger partial charge in [-0.1, -0.05) is 0 Å². The van der Waals surface area contributed by atoms with Gasteiger partial charge in [-0.25, -0.2) is 9.97 Å². The summed E-state index contributed by atoms with van der Waals surface area (Å²) < 4.78 is 5.07. The maximum atomic E-state index is 12.5. The number of aryl methyl sites for hydroxylation is 1. The highest BCUT2D eigenvalue weighted by molar-refractivity contribution is 5.94. The lowest BCUT2D eigenvalue weighted by molar-refractivity contribution is 0.0567. The summed E-state index contributed by atoms with van der Waals surface area (Å²) in [5.41, 5.74) is 2.29. The second-order valence-electron chi connectivity index (χ2n) is 5.52. The lowest BCUT2D eigenvalue weighted by Gasteiger charge is -2.37. The van der Waals surface area contributed by atoms with Gasteiger partial charge in [-0.15, -0.1) is 0 Å². The molecule has 0 radical (unpaired) electrons. The van der Waals surface area contributed by atoms with Gasteiger partial charge in [0.15, 0.2) is 0 Å². The maximum absolute atomic E-state index is 12.5. The minimum atomic E-state index is -0.247. The Hall–Kier alpha value is -2.44. The molecule has 4 rings (SSSR count). The van der Waals surface area contributed by atoms with Crippen LogP contribution in [0.4, 0.5) is 0 Å². The third-order valence-corrected chi connectivity index (χ3v) is 4.19. The zero-order valence-electron chi connectivity index (χ0n) is 11.3. The number of nitrogens with one attached hydrogen (secondary N) is 1. The van der Waals surface area contributed by atoms with E-state index in [2.05, 4.69) is 15.1 Å². The van der Waals surface area contributed by atoms with Gasteiger partial charge in [0, 0.05) is 30.4 Å². The normalized spacial score (nSPS) is 17.6. The van der Waals surface area contributed by atoms with Crippen molar-refractivity contribution in [2.24, 2.45) is 0 Å². The van der Waals surface area contributed by atoms with Gasteiger partial charge in [-0.3, -0.25) is 9.59 Å². The predicted octanol–water partition coefficient (Wildman–Crippen LogP) is 0.486. The van der Waals surface area contributed by atoms with Gasteiger partial charge in [0.1, 0.15) is 17.8 Å². The quantitative estimate of drug-likeness (QED) is 0.867. The highest BCUT2D eigenvalue weighted by atomic mass is 16.5. The summed E-state index contributed by atoms with van der Waals surface area (Å²) in [5.74, 6) is 0.643. The molecule has 2 aromatic heterocycles. The Balaban J connectivity index is 1.51. The van der Waals surface area contributed by atoms with E-state index in [9.17, 15) is 9.59 Å². The van der Waals surface area contributed by atoms with Gasteiger partial charge in [-0.05, 0) is 19.3 Å². The van der Waals surface area contributed by atoms with Crippen LogP contribution in [0.15, 0.2) is 21.7 Å². The third kappa shape index (κ3) is 1.96. The molecule has 0 unspecified atom stereocenters. The number of hydrogen-bond donors (Lipinski definition) is 1. The number of carbonyl (C=O) groups is 1. The van der Waals surface area contributed by atoms with Gasteiger partial charge in [0.25, 0.3) is 11.5 Å². The first-order valence-electron chi connectivity index (χ1n) is 7.03. The number of hydrogen-bond acceptors (Lipinski definition) is 5. The van der Waals surface area contributed by atoms with E-state index in [-0.39, 0.29) is 17.4 Å². The van der Waals surface area contributed by atoms with E-state index in [0.29, 0.717) is 24.5 Å². The molecule has 1 aliphatic carbocycles. The Labute approximate surface area is 120 Å². The molecular weight excluding hydrogens is 272 g/mol. The van der Waals surface area contributed by atoms with Crippen LogP contribution >= 0.6 is 0 Å². The molecule has 2 aromatic rings. The average Bonchev–Trinajstić information content (AvgIpc) is 3.05. The van der Waals surface area contributed by atoms with Crippen LogP contribution in [-0.4, -0.2) is 39.0 Å². The van der Waals surface area contributed by atoms with Crippen LogP contribution in [-0.2, 0) is 12.8 Å². The minimum Gasteiger partial charge on any atom is -0.383 e. The summed E-state index contributed by atoms with van der Waals surface area (Å²) in [4.78, 5) is 33.7. The maximum Gasteiger partial charge on any atom is 0.280 e. The first kappa shape index (κ1) is 12.3. The second kappa shape index (κ2) is 4.54. The van der Waals surface area contributed by atoms with Crippen molar-refractivity contribution >= 4 is 5.91 Å². The molecule has 3 heterocycles. The van der Waals surface area contributed by atoms with Gasteiger partial charge in [0.05, 0.1) is 5.92 Å². The van der Waals surface area contributed by atoms with E-state index in [0.717, 1.165) is 30.5 Å². The molecule has 0 aromatic carbocycles. The van der Waals surface area contributed by atoms with Gasteiger partial charge in [-0.2, -0.15) is 5.16 Å². The number of aromatic nitrogens is 3.